The topological polar surface area (TPSA) is 44.4 Å². The van der Waals surface area contributed by atoms with Crippen LogP contribution in [-0.4, -0.2) is 11.9 Å². The fourth-order valence-corrected chi connectivity index (χ4v) is 4.63. The average Bonchev–Trinajstić information content (AvgIpc) is 3.29. The number of anilines is 1. The molecule has 1 amide bonds. The number of carbonyl (C=O) groups is 1. The number of halogens is 1. The van der Waals surface area contributed by atoms with Gasteiger partial charge < -0.3 is 4.90 Å². The summed E-state index contributed by atoms with van der Waals surface area (Å²) >= 11 is 0. The predicted octanol–water partition coefficient (Wildman–Crippen LogP) is 4.06. The van der Waals surface area contributed by atoms with Crippen LogP contribution >= 0.6 is 0 Å². The largest absolute Gasteiger partial charge is 0.303 e. The van der Waals surface area contributed by atoms with E-state index in [9.17, 15) is 9.18 Å². The monoisotopic (exact) mass is 387 g/mol. The highest BCUT2D eigenvalue weighted by Gasteiger charge is 2.56. The van der Waals surface area contributed by atoms with Crippen LogP contribution in [0.4, 0.5) is 10.1 Å². The lowest BCUT2D eigenvalue weighted by Gasteiger charge is -2.31. The number of para-hydroxylation sites is 1. The van der Waals surface area contributed by atoms with Crippen LogP contribution in [0.25, 0.3) is 0 Å². The van der Waals surface area contributed by atoms with E-state index in [-0.39, 0.29) is 23.7 Å². The zero-order valence-corrected chi connectivity index (χ0v) is 16.0. The van der Waals surface area contributed by atoms with E-state index in [1.807, 2.05) is 43.3 Å². The molecule has 0 spiro atoms. The summed E-state index contributed by atoms with van der Waals surface area (Å²) in [4.78, 5) is 15.2. The molecule has 2 aliphatic rings. The van der Waals surface area contributed by atoms with E-state index in [1.165, 1.54) is 11.6 Å². The molecule has 3 aromatic carbocycles. The van der Waals surface area contributed by atoms with Gasteiger partial charge in [0.15, 0.2) is 0 Å². The zero-order chi connectivity index (χ0) is 20.0. The summed E-state index contributed by atoms with van der Waals surface area (Å²) < 4.78 is 14.9. The summed E-state index contributed by atoms with van der Waals surface area (Å²) in [5.41, 5.74) is 10.1. The number of aryl methyl sites for hydroxylation is 1. The van der Waals surface area contributed by atoms with Gasteiger partial charge in [0.1, 0.15) is 11.9 Å². The van der Waals surface area contributed by atoms with Crippen LogP contribution in [0.1, 0.15) is 28.8 Å². The summed E-state index contributed by atoms with van der Waals surface area (Å²) in [6, 6.07) is 23.6. The standard InChI is InChI=1S/C24H22FN3O/c1-15-11-13-16(14-12-15)21-20-22(27-26-21)24(29)28(17-7-3-2-4-8-17)23(20)18-9-5-6-10-19(18)25/h2-14,20-23,26-27H,1H3. The molecule has 2 fully saturated rings. The van der Waals surface area contributed by atoms with E-state index in [2.05, 4.69) is 35.1 Å². The molecular weight excluding hydrogens is 365 g/mol. The molecule has 2 saturated heterocycles. The van der Waals surface area contributed by atoms with Crippen molar-refractivity contribution in [2.24, 2.45) is 5.92 Å². The first kappa shape index (κ1) is 18.0. The second-order valence-corrected chi connectivity index (χ2v) is 7.74. The quantitative estimate of drug-likeness (QED) is 0.713. The number of hydrazine groups is 1. The summed E-state index contributed by atoms with van der Waals surface area (Å²) in [5.74, 6) is -0.486. The molecule has 146 valence electrons. The first-order valence-electron chi connectivity index (χ1n) is 9.85. The molecule has 4 unspecified atom stereocenters. The molecule has 5 heteroatoms. The number of rotatable bonds is 3. The summed E-state index contributed by atoms with van der Waals surface area (Å²) in [5, 5.41) is 0. The Hall–Kier alpha value is -3.02. The van der Waals surface area contributed by atoms with E-state index >= 15 is 0 Å². The van der Waals surface area contributed by atoms with E-state index in [4.69, 9.17) is 0 Å². The minimum atomic E-state index is -0.425. The normalized spacial score (nSPS) is 26.0. The highest BCUT2D eigenvalue weighted by molar-refractivity contribution is 6.01. The Balaban J connectivity index is 1.65. The van der Waals surface area contributed by atoms with Gasteiger partial charge in [0.2, 0.25) is 5.91 Å². The lowest BCUT2D eigenvalue weighted by molar-refractivity contribution is -0.119. The van der Waals surface area contributed by atoms with Gasteiger partial charge in [0.05, 0.1) is 12.1 Å². The van der Waals surface area contributed by atoms with Gasteiger partial charge in [0.25, 0.3) is 0 Å². The van der Waals surface area contributed by atoms with E-state index < -0.39 is 12.1 Å². The Morgan fingerprint density at radius 2 is 1.48 bits per heavy atom. The molecule has 0 aliphatic carbocycles. The van der Waals surface area contributed by atoms with Gasteiger partial charge in [-0.1, -0.05) is 66.2 Å². The van der Waals surface area contributed by atoms with Crippen LogP contribution in [0.2, 0.25) is 0 Å². The zero-order valence-electron chi connectivity index (χ0n) is 16.0. The molecule has 2 aliphatic heterocycles. The van der Waals surface area contributed by atoms with Crippen LogP contribution in [0.15, 0.2) is 78.9 Å². The van der Waals surface area contributed by atoms with Crippen LogP contribution in [0.5, 0.6) is 0 Å². The molecule has 2 heterocycles. The minimum Gasteiger partial charge on any atom is -0.303 e. The highest BCUT2D eigenvalue weighted by atomic mass is 19.1. The molecule has 5 rings (SSSR count). The maximum Gasteiger partial charge on any atom is 0.246 e. The lowest BCUT2D eigenvalue weighted by Crippen LogP contribution is -2.41. The average molecular weight is 387 g/mol. The van der Waals surface area contributed by atoms with Gasteiger partial charge in [0, 0.05) is 17.2 Å². The van der Waals surface area contributed by atoms with Crippen molar-refractivity contribution < 1.29 is 9.18 Å². The molecule has 2 N–H and O–H groups in total. The maximum atomic E-state index is 14.9. The van der Waals surface area contributed by atoms with Crippen LogP contribution in [-0.2, 0) is 4.79 Å². The Bertz CT molecular complexity index is 1040. The van der Waals surface area contributed by atoms with Crippen molar-refractivity contribution in [2.45, 2.75) is 25.0 Å². The van der Waals surface area contributed by atoms with Gasteiger partial charge in [-0.2, -0.15) is 0 Å². The summed E-state index contributed by atoms with van der Waals surface area (Å²) in [6.45, 7) is 2.05. The number of fused-ring (bicyclic) bond motifs is 1. The van der Waals surface area contributed by atoms with Crippen LogP contribution in [0.3, 0.4) is 0 Å². The molecule has 29 heavy (non-hydrogen) atoms. The molecule has 4 atom stereocenters. The van der Waals surface area contributed by atoms with E-state index in [0.717, 1.165) is 11.3 Å². The van der Waals surface area contributed by atoms with Gasteiger partial charge in [-0.05, 0) is 30.7 Å². The van der Waals surface area contributed by atoms with Gasteiger partial charge in [-0.15, -0.1) is 0 Å². The molecule has 4 nitrogen and oxygen atoms in total. The molecule has 0 aromatic heterocycles. The van der Waals surface area contributed by atoms with Crippen LogP contribution in [0, 0.1) is 18.7 Å². The lowest BCUT2D eigenvalue weighted by atomic mass is 9.83. The predicted molar refractivity (Wildman–Crippen MR) is 111 cm³/mol. The third-order valence-corrected chi connectivity index (χ3v) is 6.01. The van der Waals surface area contributed by atoms with Gasteiger partial charge >= 0.3 is 0 Å². The second kappa shape index (κ2) is 7.10. The first-order chi connectivity index (χ1) is 14.1. The molecular formula is C24H22FN3O. The van der Waals surface area contributed by atoms with Crippen LogP contribution < -0.4 is 15.8 Å². The number of hydrogen-bond acceptors (Lipinski definition) is 3. The number of nitrogens with zero attached hydrogens (tertiary/aromatic N) is 1. The molecule has 0 radical (unpaired) electrons. The number of nitrogens with one attached hydrogen (secondary N) is 2. The Labute approximate surface area is 169 Å². The first-order valence-corrected chi connectivity index (χ1v) is 9.85. The van der Waals surface area contributed by atoms with Gasteiger partial charge in [-0.3, -0.25) is 4.79 Å². The number of hydrogen-bond donors (Lipinski definition) is 2. The van der Waals surface area contributed by atoms with E-state index in [0.29, 0.717) is 5.56 Å². The Morgan fingerprint density at radius 1 is 0.828 bits per heavy atom. The Kier molecular flexibility index (Phi) is 4.42. The second-order valence-electron chi connectivity index (χ2n) is 7.74. The third-order valence-electron chi connectivity index (χ3n) is 6.01. The maximum absolute atomic E-state index is 14.9. The van der Waals surface area contributed by atoms with E-state index in [1.54, 1.807) is 17.0 Å². The number of benzene rings is 3. The van der Waals surface area contributed by atoms with Crippen molar-refractivity contribution in [3.63, 3.8) is 0 Å². The minimum absolute atomic E-state index is 0.0448. The van der Waals surface area contributed by atoms with Crippen molar-refractivity contribution in [1.29, 1.82) is 0 Å². The smallest absolute Gasteiger partial charge is 0.246 e. The fraction of sp³-hybridized carbons (Fsp3) is 0.208. The molecule has 0 saturated carbocycles. The molecule has 0 bridgehead atoms. The Morgan fingerprint density at radius 3 is 2.21 bits per heavy atom. The highest BCUT2D eigenvalue weighted by Crippen LogP contribution is 2.49. The van der Waals surface area contributed by atoms with Crippen molar-refractivity contribution in [2.75, 3.05) is 4.90 Å². The summed E-state index contributed by atoms with van der Waals surface area (Å²) in [6.07, 6.45) is 0. The fourth-order valence-electron chi connectivity index (χ4n) is 4.63. The number of carbonyl (C=O) groups excluding carboxylic acids is 1. The number of amides is 1. The van der Waals surface area contributed by atoms with Crippen molar-refractivity contribution >= 4 is 11.6 Å². The van der Waals surface area contributed by atoms with Crippen molar-refractivity contribution in [3.05, 3.63) is 101 Å². The molecule has 3 aromatic rings. The third kappa shape index (κ3) is 2.94. The van der Waals surface area contributed by atoms with Gasteiger partial charge in [-0.25, -0.2) is 15.2 Å². The van der Waals surface area contributed by atoms with Crippen molar-refractivity contribution in [1.82, 2.24) is 10.9 Å². The SMILES string of the molecule is Cc1ccc(C2NNC3C(=O)N(c4ccccc4)C(c4ccccc4F)C32)cc1. The summed E-state index contributed by atoms with van der Waals surface area (Å²) in [7, 11) is 0. The van der Waals surface area contributed by atoms with Crippen molar-refractivity contribution in [3.8, 4) is 0 Å².